The number of benzene rings is 5. The van der Waals surface area contributed by atoms with E-state index >= 15 is 0 Å². The van der Waals surface area contributed by atoms with Crippen molar-refractivity contribution < 1.29 is 0 Å². The van der Waals surface area contributed by atoms with Crippen LogP contribution in [0, 0.1) is 0 Å². The lowest BCUT2D eigenvalue weighted by atomic mass is 9.96. The van der Waals surface area contributed by atoms with Gasteiger partial charge < -0.3 is 4.57 Å². The molecule has 1 unspecified atom stereocenters. The summed E-state index contributed by atoms with van der Waals surface area (Å²) in [4.78, 5) is 15.5. The summed E-state index contributed by atoms with van der Waals surface area (Å²) in [5.41, 5.74) is 8.14. The molecule has 0 radical (unpaired) electrons. The highest BCUT2D eigenvalue weighted by molar-refractivity contribution is 7.63. The van der Waals surface area contributed by atoms with E-state index in [0.717, 1.165) is 41.2 Å². The zero-order chi connectivity index (χ0) is 29.0. The van der Waals surface area contributed by atoms with E-state index in [4.69, 9.17) is 15.0 Å². The van der Waals surface area contributed by atoms with E-state index in [1.54, 1.807) is 5.30 Å². The molecule has 8 aromatic rings. The molecule has 5 heteroatoms. The van der Waals surface area contributed by atoms with Gasteiger partial charge in [-0.25, -0.2) is 15.0 Å². The molecule has 1 aliphatic rings. The molecule has 0 fully saturated rings. The van der Waals surface area contributed by atoms with E-state index in [9.17, 15) is 0 Å². The van der Waals surface area contributed by atoms with Gasteiger partial charge in [-0.15, -0.1) is 0 Å². The van der Waals surface area contributed by atoms with Gasteiger partial charge in [-0.05, 0) is 79.8 Å². The Balaban J connectivity index is 1.38. The van der Waals surface area contributed by atoms with Crippen molar-refractivity contribution in [3.8, 4) is 34.0 Å². The Labute approximate surface area is 256 Å². The third-order valence-electron chi connectivity index (χ3n) is 8.97. The molecular weight excluding hydrogens is 555 g/mol. The molecule has 3 heterocycles. The molecule has 3 aromatic heterocycles. The van der Waals surface area contributed by atoms with E-state index < -0.39 is 7.53 Å². The lowest BCUT2D eigenvalue weighted by Gasteiger charge is -2.14. The molecule has 5 aromatic carbocycles. The standard InChI is InChI=1S/C39H29N4P/c1-4-14-26(15-5-1)37-40-38(27-16-6-2-7-17-27)42-39(41-37)44-35-23-13-11-21-30(35)32-24-34-31(25-36(32)44)29-20-10-12-22-33(29)43(34)28-18-8-3-9-19-28/h1-10,12,14-20,22,24-25H,11,13,21,23H2. The number of hydrogen-bond donors (Lipinski definition) is 0. The van der Waals surface area contributed by atoms with Crippen molar-refractivity contribution in [3.05, 3.63) is 138 Å². The lowest BCUT2D eigenvalue weighted by Crippen LogP contribution is -2.00. The van der Waals surface area contributed by atoms with Crippen molar-refractivity contribution in [2.45, 2.75) is 25.7 Å². The van der Waals surface area contributed by atoms with Gasteiger partial charge in [-0.3, -0.25) is 0 Å². The van der Waals surface area contributed by atoms with Gasteiger partial charge in [0.15, 0.2) is 17.2 Å². The average Bonchev–Trinajstić information content (AvgIpc) is 3.60. The molecule has 0 bridgehead atoms. The van der Waals surface area contributed by atoms with Crippen molar-refractivity contribution in [1.29, 1.82) is 0 Å². The van der Waals surface area contributed by atoms with Crippen molar-refractivity contribution >= 4 is 39.8 Å². The molecule has 9 rings (SSSR count). The van der Waals surface area contributed by atoms with Gasteiger partial charge in [0, 0.05) is 32.7 Å². The number of para-hydroxylation sites is 2. The van der Waals surface area contributed by atoms with Crippen LogP contribution in [0.5, 0.6) is 0 Å². The van der Waals surface area contributed by atoms with Crippen molar-refractivity contribution in [1.82, 2.24) is 19.5 Å². The van der Waals surface area contributed by atoms with E-state index in [1.807, 2.05) is 12.1 Å². The number of nitrogens with zero attached hydrogens (tertiary/aromatic N) is 4. The van der Waals surface area contributed by atoms with E-state index in [0.29, 0.717) is 0 Å². The van der Waals surface area contributed by atoms with Gasteiger partial charge in [-0.2, -0.15) is 0 Å². The molecule has 210 valence electrons. The number of aromatic nitrogens is 4. The smallest absolute Gasteiger partial charge is 0.180 e. The first-order valence-corrected chi connectivity index (χ1v) is 16.7. The van der Waals surface area contributed by atoms with Gasteiger partial charge in [0.05, 0.1) is 11.0 Å². The Kier molecular flexibility index (Phi) is 5.95. The van der Waals surface area contributed by atoms with E-state index in [1.165, 1.54) is 56.4 Å². The van der Waals surface area contributed by atoms with Crippen LogP contribution in [0.25, 0.3) is 66.3 Å². The highest BCUT2D eigenvalue weighted by atomic mass is 31.1. The average molecular weight is 585 g/mol. The summed E-state index contributed by atoms with van der Waals surface area (Å²) in [5.74, 6) is 1.48. The van der Waals surface area contributed by atoms with Gasteiger partial charge in [0.1, 0.15) is 0 Å². The van der Waals surface area contributed by atoms with Crippen LogP contribution in [0.15, 0.2) is 127 Å². The number of aryl methyl sites for hydroxylation is 1. The van der Waals surface area contributed by atoms with Gasteiger partial charge in [0.2, 0.25) is 0 Å². The molecule has 44 heavy (non-hydrogen) atoms. The highest BCUT2D eigenvalue weighted by Crippen LogP contribution is 2.56. The normalized spacial score (nSPS) is 13.5. The molecule has 0 saturated carbocycles. The van der Waals surface area contributed by atoms with Crippen LogP contribution in [0.2, 0.25) is 0 Å². The number of rotatable bonds is 4. The minimum absolute atomic E-state index is 0.741. The van der Waals surface area contributed by atoms with Crippen molar-refractivity contribution in [2.75, 3.05) is 0 Å². The zero-order valence-electron chi connectivity index (χ0n) is 24.2. The second-order valence-corrected chi connectivity index (χ2v) is 13.6. The highest BCUT2D eigenvalue weighted by Gasteiger charge is 2.26. The Morgan fingerprint density at radius 1 is 0.523 bits per heavy atom. The van der Waals surface area contributed by atoms with E-state index in [-0.39, 0.29) is 0 Å². The third kappa shape index (κ3) is 4.02. The predicted octanol–water partition coefficient (Wildman–Crippen LogP) is 10.3. The number of hydrogen-bond acceptors (Lipinski definition) is 3. The summed E-state index contributed by atoms with van der Waals surface area (Å²) >= 11 is 0. The minimum Gasteiger partial charge on any atom is -0.309 e. The van der Waals surface area contributed by atoms with Crippen LogP contribution in [-0.2, 0) is 12.8 Å². The Morgan fingerprint density at radius 2 is 1.14 bits per heavy atom. The molecular formula is C39H29N4P. The third-order valence-corrected chi connectivity index (χ3v) is 11.5. The van der Waals surface area contributed by atoms with Gasteiger partial charge in [-0.1, -0.05) is 97.1 Å². The SMILES string of the molecule is c1ccc(-c2nc(-c3ccccc3)nc(-p3c4c(c5cc6c(cc53)c3ccccc3n6-c3ccccc3)CCCC4)n2)cc1. The Hall–Kier alpha value is -5.05. The van der Waals surface area contributed by atoms with Crippen LogP contribution < -0.4 is 0 Å². The largest absolute Gasteiger partial charge is 0.309 e. The first-order valence-electron chi connectivity index (χ1n) is 15.4. The molecule has 0 spiro atoms. The summed E-state index contributed by atoms with van der Waals surface area (Å²) in [6.07, 6.45) is 4.65. The summed E-state index contributed by atoms with van der Waals surface area (Å²) in [6, 6.07) is 45.2. The van der Waals surface area contributed by atoms with Crippen LogP contribution in [0.1, 0.15) is 23.7 Å². The maximum atomic E-state index is 5.26. The van der Waals surface area contributed by atoms with Crippen LogP contribution in [0.3, 0.4) is 0 Å². The summed E-state index contributed by atoms with van der Waals surface area (Å²) in [7, 11) is -0.892. The summed E-state index contributed by atoms with van der Waals surface area (Å²) in [5, 5.41) is 6.89. The van der Waals surface area contributed by atoms with Crippen LogP contribution in [-0.4, -0.2) is 19.5 Å². The van der Waals surface area contributed by atoms with Crippen LogP contribution in [0.4, 0.5) is 0 Å². The first kappa shape index (κ1) is 25.4. The zero-order valence-corrected chi connectivity index (χ0v) is 25.1. The topological polar surface area (TPSA) is 43.6 Å². The molecule has 0 N–H and O–H groups in total. The van der Waals surface area contributed by atoms with Crippen molar-refractivity contribution in [2.24, 2.45) is 0 Å². The fourth-order valence-corrected chi connectivity index (χ4v) is 9.70. The first-order chi connectivity index (χ1) is 21.8. The fourth-order valence-electron chi connectivity index (χ4n) is 6.98. The second-order valence-electron chi connectivity index (χ2n) is 11.6. The lowest BCUT2D eigenvalue weighted by molar-refractivity contribution is 0.700. The monoisotopic (exact) mass is 584 g/mol. The van der Waals surface area contributed by atoms with Crippen LogP contribution >= 0.6 is 7.53 Å². The van der Waals surface area contributed by atoms with Crippen molar-refractivity contribution in [3.63, 3.8) is 0 Å². The molecule has 1 atom stereocenters. The molecule has 0 amide bonds. The van der Waals surface area contributed by atoms with E-state index in [2.05, 4.69) is 120 Å². The Morgan fingerprint density at radius 3 is 1.84 bits per heavy atom. The van der Waals surface area contributed by atoms with Gasteiger partial charge >= 0.3 is 0 Å². The quantitative estimate of drug-likeness (QED) is 0.207. The minimum atomic E-state index is -0.892. The molecule has 1 aliphatic carbocycles. The fraction of sp³-hybridized carbons (Fsp3) is 0.103. The summed E-state index contributed by atoms with van der Waals surface area (Å²) in [6.45, 7) is 0. The maximum absolute atomic E-state index is 5.26. The Bertz CT molecular complexity index is 2260. The summed E-state index contributed by atoms with van der Waals surface area (Å²) < 4.78 is 2.43. The molecule has 0 aliphatic heterocycles. The van der Waals surface area contributed by atoms with Gasteiger partial charge in [0.25, 0.3) is 0 Å². The molecule has 4 nitrogen and oxygen atoms in total. The maximum Gasteiger partial charge on any atom is 0.180 e. The predicted molar refractivity (Wildman–Crippen MR) is 183 cm³/mol. The second kappa shape index (κ2) is 10.3. The molecule has 0 saturated heterocycles. The number of fused-ring (bicyclic) bond motifs is 6.